The largest absolute Gasteiger partial charge is 0.351 e. The molecule has 1 aromatic carbocycles. The summed E-state index contributed by atoms with van der Waals surface area (Å²) in [6, 6.07) is 11.5. The second-order valence-corrected chi connectivity index (χ2v) is 6.26. The zero-order chi connectivity index (χ0) is 15.9. The van der Waals surface area contributed by atoms with E-state index in [1.165, 1.54) is 21.8 Å². The average molecular weight is 316 g/mol. The van der Waals surface area contributed by atoms with E-state index in [2.05, 4.69) is 36.5 Å². The summed E-state index contributed by atoms with van der Waals surface area (Å²) in [5.41, 5.74) is 2.77. The fourth-order valence-corrected chi connectivity index (χ4v) is 2.72. The second kappa shape index (κ2) is 7.84. The van der Waals surface area contributed by atoms with Gasteiger partial charge in [0.25, 0.3) is 11.5 Å². The number of rotatable bonds is 6. The van der Waals surface area contributed by atoms with Crippen molar-refractivity contribution < 1.29 is 4.79 Å². The number of thioether (sulfide) groups is 1. The summed E-state index contributed by atoms with van der Waals surface area (Å²) in [5.74, 6) is 1.57. The molecule has 1 aromatic heterocycles. The van der Waals surface area contributed by atoms with Crippen molar-refractivity contribution >= 4 is 17.7 Å². The van der Waals surface area contributed by atoms with E-state index in [4.69, 9.17) is 0 Å². The number of amides is 1. The third-order valence-corrected chi connectivity index (χ3v) is 4.32. The summed E-state index contributed by atoms with van der Waals surface area (Å²) >= 11 is 1.77. The summed E-state index contributed by atoms with van der Waals surface area (Å²) in [5, 5.41) is 2.83. The summed E-state index contributed by atoms with van der Waals surface area (Å²) < 4.78 is 1.44. The number of carbonyl (C=O) groups is 1. The summed E-state index contributed by atoms with van der Waals surface area (Å²) in [4.78, 5) is 23.4. The number of hydrogen-bond acceptors (Lipinski definition) is 3. The van der Waals surface area contributed by atoms with Gasteiger partial charge in [-0.3, -0.25) is 9.59 Å². The van der Waals surface area contributed by atoms with Crippen LogP contribution < -0.4 is 10.9 Å². The maximum absolute atomic E-state index is 11.9. The molecule has 5 heteroatoms. The molecular formula is C17H20N2O2S. The molecule has 0 radical (unpaired) electrons. The lowest BCUT2D eigenvalue weighted by Gasteiger charge is -2.06. The summed E-state index contributed by atoms with van der Waals surface area (Å²) in [6.07, 6.45) is 1.60. The molecule has 0 bridgehead atoms. The van der Waals surface area contributed by atoms with E-state index in [-0.39, 0.29) is 11.5 Å². The molecule has 0 unspecified atom stereocenters. The predicted octanol–water partition coefficient (Wildman–Crippen LogP) is 2.36. The highest BCUT2D eigenvalue weighted by molar-refractivity contribution is 7.98. The van der Waals surface area contributed by atoms with Crippen LogP contribution in [0.2, 0.25) is 0 Å². The lowest BCUT2D eigenvalue weighted by atomic mass is 10.2. The van der Waals surface area contributed by atoms with Crippen molar-refractivity contribution in [1.29, 1.82) is 0 Å². The summed E-state index contributed by atoms with van der Waals surface area (Å²) in [7, 11) is 1.66. The predicted molar refractivity (Wildman–Crippen MR) is 91.4 cm³/mol. The van der Waals surface area contributed by atoms with Crippen molar-refractivity contribution in [2.24, 2.45) is 7.05 Å². The Morgan fingerprint density at radius 2 is 1.95 bits per heavy atom. The summed E-state index contributed by atoms with van der Waals surface area (Å²) in [6.45, 7) is 2.66. The van der Waals surface area contributed by atoms with Crippen LogP contribution in [0.4, 0.5) is 0 Å². The highest BCUT2D eigenvalue weighted by Crippen LogP contribution is 2.12. The molecule has 1 heterocycles. The molecular weight excluding hydrogens is 296 g/mol. The van der Waals surface area contributed by atoms with Crippen LogP contribution in [-0.2, 0) is 12.8 Å². The van der Waals surface area contributed by atoms with Crippen molar-refractivity contribution in [3.63, 3.8) is 0 Å². The SMILES string of the molecule is Cc1ccc(CSCCNC(=O)c2ccn(C)c(=O)c2)cc1. The number of aromatic nitrogens is 1. The van der Waals surface area contributed by atoms with E-state index in [0.717, 1.165) is 11.5 Å². The Hall–Kier alpha value is -2.01. The lowest BCUT2D eigenvalue weighted by molar-refractivity contribution is 0.0956. The Bertz CT molecular complexity index is 693. The first kappa shape index (κ1) is 16.4. The van der Waals surface area contributed by atoms with E-state index >= 15 is 0 Å². The fourth-order valence-electron chi connectivity index (χ4n) is 1.90. The quantitative estimate of drug-likeness (QED) is 0.832. The van der Waals surface area contributed by atoms with Gasteiger partial charge >= 0.3 is 0 Å². The molecule has 1 N–H and O–H groups in total. The van der Waals surface area contributed by atoms with E-state index in [9.17, 15) is 9.59 Å². The molecule has 0 saturated carbocycles. The highest BCUT2D eigenvalue weighted by Gasteiger charge is 2.05. The molecule has 0 aliphatic heterocycles. The Balaban J connectivity index is 1.72. The van der Waals surface area contributed by atoms with E-state index in [0.29, 0.717) is 12.1 Å². The van der Waals surface area contributed by atoms with Crippen LogP contribution in [0, 0.1) is 6.92 Å². The minimum absolute atomic E-state index is 0.179. The van der Waals surface area contributed by atoms with E-state index in [1.54, 1.807) is 31.1 Å². The fraction of sp³-hybridized carbons (Fsp3) is 0.294. The first-order valence-corrected chi connectivity index (χ1v) is 8.30. The van der Waals surface area contributed by atoms with Crippen LogP contribution in [0.15, 0.2) is 47.4 Å². The molecule has 0 aliphatic carbocycles. The third kappa shape index (κ3) is 4.77. The number of carbonyl (C=O) groups excluding carboxylic acids is 1. The molecule has 2 aromatic rings. The molecule has 0 fully saturated rings. The number of hydrogen-bond donors (Lipinski definition) is 1. The average Bonchev–Trinajstić information content (AvgIpc) is 2.51. The van der Waals surface area contributed by atoms with Crippen LogP contribution in [0.25, 0.3) is 0 Å². The molecule has 0 spiro atoms. The Kier molecular flexibility index (Phi) is 5.83. The molecule has 0 aliphatic rings. The van der Waals surface area contributed by atoms with Gasteiger partial charge in [0.05, 0.1) is 0 Å². The molecule has 0 atom stereocenters. The molecule has 0 saturated heterocycles. The number of nitrogens with one attached hydrogen (secondary N) is 1. The van der Waals surface area contributed by atoms with Gasteiger partial charge in [-0.05, 0) is 18.6 Å². The van der Waals surface area contributed by atoms with Crippen molar-refractivity contribution in [2.75, 3.05) is 12.3 Å². The normalized spacial score (nSPS) is 10.5. The Morgan fingerprint density at radius 1 is 1.23 bits per heavy atom. The topological polar surface area (TPSA) is 51.1 Å². The monoisotopic (exact) mass is 316 g/mol. The van der Waals surface area contributed by atoms with Gasteiger partial charge in [0.15, 0.2) is 0 Å². The minimum atomic E-state index is -0.200. The maximum Gasteiger partial charge on any atom is 0.251 e. The van der Waals surface area contributed by atoms with Gasteiger partial charge in [-0.2, -0.15) is 11.8 Å². The van der Waals surface area contributed by atoms with Crippen LogP contribution >= 0.6 is 11.8 Å². The first-order chi connectivity index (χ1) is 10.6. The van der Waals surface area contributed by atoms with Crippen molar-refractivity contribution in [2.45, 2.75) is 12.7 Å². The van der Waals surface area contributed by atoms with Crippen molar-refractivity contribution in [3.05, 3.63) is 69.6 Å². The zero-order valence-corrected chi connectivity index (χ0v) is 13.7. The smallest absolute Gasteiger partial charge is 0.251 e. The zero-order valence-electron chi connectivity index (χ0n) is 12.8. The number of pyridine rings is 1. The van der Waals surface area contributed by atoms with Gasteiger partial charge in [-0.25, -0.2) is 0 Å². The highest BCUT2D eigenvalue weighted by atomic mass is 32.2. The van der Waals surface area contributed by atoms with Crippen LogP contribution in [-0.4, -0.2) is 22.8 Å². The van der Waals surface area contributed by atoms with Gasteiger partial charge in [0.1, 0.15) is 0 Å². The van der Waals surface area contributed by atoms with Crippen molar-refractivity contribution in [1.82, 2.24) is 9.88 Å². The van der Waals surface area contributed by atoms with Gasteiger partial charge in [0, 0.05) is 42.9 Å². The number of aryl methyl sites for hydroxylation is 2. The van der Waals surface area contributed by atoms with E-state index < -0.39 is 0 Å². The Labute approximate surface area is 134 Å². The van der Waals surface area contributed by atoms with Gasteiger partial charge in [-0.15, -0.1) is 0 Å². The first-order valence-electron chi connectivity index (χ1n) is 7.14. The number of nitrogens with zero attached hydrogens (tertiary/aromatic N) is 1. The number of benzene rings is 1. The molecule has 1 amide bonds. The molecule has 4 nitrogen and oxygen atoms in total. The third-order valence-electron chi connectivity index (χ3n) is 3.29. The lowest BCUT2D eigenvalue weighted by Crippen LogP contribution is -2.27. The Morgan fingerprint density at radius 3 is 2.64 bits per heavy atom. The van der Waals surface area contributed by atoms with Gasteiger partial charge in [0.2, 0.25) is 0 Å². The maximum atomic E-state index is 11.9. The minimum Gasteiger partial charge on any atom is -0.351 e. The van der Waals surface area contributed by atoms with Gasteiger partial charge in [-0.1, -0.05) is 29.8 Å². The van der Waals surface area contributed by atoms with Crippen LogP contribution in [0.5, 0.6) is 0 Å². The second-order valence-electron chi connectivity index (χ2n) is 5.16. The molecule has 116 valence electrons. The van der Waals surface area contributed by atoms with Crippen LogP contribution in [0.1, 0.15) is 21.5 Å². The molecule has 2 rings (SSSR count). The standard InChI is InChI=1S/C17H20N2O2S/c1-13-3-5-14(6-4-13)12-22-10-8-18-17(21)15-7-9-19(2)16(20)11-15/h3-7,9,11H,8,10,12H2,1-2H3,(H,18,21). The van der Waals surface area contributed by atoms with Crippen LogP contribution in [0.3, 0.4) is 0 Å². The van der Waals surface area contributed by atoms with E-state index in [1.807, 2.05) is 0 Å². The molecule has 22 heavy (non-hydrogen) atoms. The van der Waals surface area contributed by atoms with Crippen molar-refractivity contribution in [3.8, 4) is 0 Å². The van der Waals surface area contributed by atoms with Gasteiger partial charge < -0.3 is 9.88 Å².